The lowest BCUT2D eigenvalue weighted by Crippen LogP contribution is -2.40. The van der Waals surface area contributed by atoms with Gasteiger partial charge in [0.2, 0.25) is 0 Å². The predicted molar refractivity (Wildman–Crippen MR) is 61.9 cm³/mol. The van der Waals surface area contributed by atoms with Gasteiger partial charge in [0, 0.05) is 32.0 Å². The summed E-state index contributed by atoms with van der Waals surface area (Å²) >= 11 is 0. The molecule has 1 saturated heterocycles. The van der Waals surface area contributed by atoms with Crippen LogP contribution in [0.4, 0.5) is 0 Å². The van der Waals surface area contributed by atoms with Crippen molar-refractivity contribution in [2.24, 2.45) is 0 Å². The first-order chi connectivity index (χ1) is 8.27. The number of rotatable bonds is 4. The summed E-state index contributed by atoms with van der Waals surface area (Å²) in [4.78, 5) is 17.4. The molecule has 1 aromatic heterocycles. The van der Waals surface area contributed by atoms with E-state index in [-0.39, 0.29) is 0 Å². The average molecular weight is 236 g/mol. The van der Waals surface area contributed by atoms with Gasteiger partial charge in [-0.05, 0) is 11.6 Å². The van der Waals surface area contributed by atoms with Crippen LogP contribution in [0, 0.1) is 0 Å². The minimum atomic E-state index is -0.801. The van der Waals surface area contributed by atoms with Gasteiger partial charge in [-0.2, -0.15) is 0 Å². The molecule has 0 radical (unpaired) electrons. The van der Waals surface area contributed by atoms with Crippen LogP contribution in [0.15, 0.2) is 24.5 Å². The van der Waals surface area contributed by atoms with Crippen LogP contribution in [0.2, 0.25) is 0 Å². The van der Waals surface area contributed by atoms with Crippen molar-refractivity contribution in [3.63, 3.8) is 0 Å². The van der Waals surface area contributed by atoms with E-state index in [1.165, 1.54) is 0 Å². The Morgan fingerprint density at radius 3 is 2.88 bits per heavy atom. The molecule has 1 aliphatic heterocycles. The Morgan fingerprint density at radius 1 is 1.53 bits per heavy atom. The van der Waals surface area contributed by atoms with Crippen molar-refractivity contribution in [2.75, 3.05) is 32.8 Å². The lowest BCUT2D eigenvalue weighted by molar-refractivity contribution is -0.139. The Labute approximate surface area is 100 Å². The topological polar surface area (TPSA) is 62.7 Å². The molecule has 0 saturated carbocycles. The fraction of sp³-hybridized carbons (Fsp3) is 0.500. The van der Waals surface area contributed by atoms with Crippen LogP contribution >= 0.6 is 0 Å². The third-order valence-corrected chi connectivity index (χ3v) is 2.93. The van der Waals surface area contributed by atoms with Gasteiger partial charge in [-0.3, -0.25) is 14.7 Å². The number of aromatic nitrogens is 1. The van der Waals surface area contributed by atoms with Crippen LogP contribution in [0.1, 0.15) is 11.5 Å². The summed E-state index contributed by atoms with van der Waals surface area (Å²) < 4.78 is 5.25. The van der Waals surface area contributed by atoms with E-state index in [1.54, 1.807) is 18.5 Å². The van der Waals surface area contributed by atoms with Crippen molar-refractivity contribution in [3.8, 4) is 0 Å². The first-order valence-corrected chi connectivity index (χ1v) is 5.70. The number of carboxylic acid groups (broad SMARTS) is 1. The van der Waals surface area contributed by atoms with Gasteiger partial charge in [0.1, 0.15) is 0 Å². The molecule has 1 fully saturated rings. The first kappa shape index (κ1) is 12.0. The van der Waals surface area contributed by atoms with Crippen LogP contribution in [0.25, 0.3) is 0 Å². The second kappa shape index (κ2) is 5.75. The third-order valence-electron chi connectivity index (χ3n) is 2.93. The number of ether oxygens (including phenoxy) is 1. The molecule has 0 spiro atoms. The molecule has 5 nitrogen and oxygen atoms in total. The summed E-state index contributed by atoms with van der Waals surface area (Å²) in [6.45, 7) is 3.47. The fourth-order valence-electron chi connectivity index (χ4n) is 1.95. The van der Waals surface area contributed by atoms with E-state index in [0.717, 1.165) is 18.7 Å². The summed E-state index contributed by atoms with van der Waals surface area (Å²) in [6.07, 6.45) is 3.27. The van der Waals surface area contributed by atoms with Crippen LogP contribution in [-0.4, -0.2) is 53.8 Å². The molecule has 2 rings (SSSR count). The van der Waals surface area contributed by atoms with Gasteiger partial charge in [-0.1, -0.05) is 6.07 Å². The van der Waals surface area contributed by atoms with E-state index in [1.807, 2.05) is 6.07 Å². The Bertz CT molecular complexity index is 363. The molecule has 0 aromatic carbocycles. The lowest BCUT2D eigenvalue weighted by Gasteiger charge is -2.28. The number of carbonyl (C=O) groups is 1. The van der Waals surface area contributed by atoms with E-state index in [0.29, 0.717) is 19.8 Å². The minimum Gasteiger partial charge on any atom is -0.481 e. The molecule has 0 aliphatic carbocycles. The van der Waals surface area contributed by atoms with E-state index < -0.39 is 11.9 Å². The Morgan fingerprint density at radius 2 is 2.29 bits per heavy atom. The molecular formula is C12H16N2O3. The number of hydrogen-bond acceptors (Lipinski definition) is 4. The van der Waals surface area contributed by atoms with Gasteiger partial charge in [0.15, 0.2) is 0 Å². The highest BCUT2D eigenvalue weighted by molar-refractivity contribution is 5.76. The zero-order valence-electron chi connectivity index (χ0n) is 9.58. The highest BCUT2D eigenvalue weighted by Crippen LogP contribution is 2.17. The number of morpholine rings is 1. The SMILES string of the molecule is O=C(O)C(CN1CCOCC1)c1cccnc1. The quantitative estimate of drug-likeness (QED) is 0.828. The number of aliphatic carboxylic acids is 1. The number of carboxylic acids is 1. The molecule has 1 atom stereocenters. The maximum atomic E-state index is 11.3. The van der Waals surface area contributed by atoms with Gasteiger partial charge in [0.05, 0.1) is 19.1 Å². The minimum absolute atomic E-state index is 0.512. The molecular weight excluding hydrogens is 220 g/mol. The van der Waals surface area contributed by atoms with E-state index in [9.17, 15) is 9.90 Å². The lowest BCUT2D eigenvalue weighted by atomic mass is 10.0. The molecule has 5 heteroatoms. The van der Waals surface area contributed by atoms with E-state index in [4.69, 9.17) is 4.74 Å². The molecule has 2 heterocycles. The predicted octanol–water partition coefficient (Wildman–Crippen LogP) is 0.582. The van der Waals surface area contributed by atoms with Gasteiger partial charge < -0.3 is 9.84 Å². The van der Waals surface area contributed by atoms with E-state index >= 15 is 0 Å². The number of pyridine rings is 1. The summed E-state index contributed by atoms with van der Waals surface area (Å²) in [5, 5.41) is 9.27. The summed E-state index contributed by atoms with van der Waals surface area (Å²) in [5.41, 5.74) is 0.756. The largest absolute Gasteiger partial charge is 0.481 e. The zero-order chi connectivity index (χ0) is 12.1. The van der Waals surface area contributed by atoms with Crippen molar-refractivity contribution < 1.29 is 14.6 Å². The van der Waals surface area contributed by atoms with E-state index in [2.05, 4.69) is 9.88 Å². The zero-order valence-corrected chi connectivity index (χ0v) is 9.58. The molecule has 1 unspecified atom stereocenters. The monoisotopic (exact) mass is 236 g/mol. The summed E-state index contributed by atoms with van der Waals surface area (Å²) in [7, 11) is 0. The molecule has 1 aliphatic rings. The maximum absolute atomic E-state index is 11.3. The molecule has 92 valence electrons. The molecule has 0 amide bonds. The molecule has 17 heavy (non-hydrogen) atoms. The number of hydrogen-bond donors (Lipinski definition) is 1. The highest BCUT2D eigenvalue weighted by Gasteiger charge is 2.24. The highest BCUT2D eigenvalue weighted by atomic mass is 16.5. The normalized spacial score (nSPS) is 18.8. The second-order valence-electron chi connectivity index (χ2n) is 4.09. The van der Waals surface area contributed by atoms with Crippen LogP contribution < -0.4 is 0 Å². The van der Waals surface area contributed by atoms with Crippen molar-refractivity contribution in [1.29, 1.82) is 0 Å². The van der Waals surface area contributed by atoms with Gasteiger partial charge >= 0.3 is 5.97 Å². The van der Waals surface area contributed by atoms with Crippen molar-refractivity contribution in [3.05, 3.63) is 30.1 Å². The molecule has 1 N–H and O–H groups in total. The molecule has 0 bridgehead atoms. The van der Waals surface area contributed by atoms with Crippen LogP contribution in [-0.2, 0) is 9.53 Å². The average Bonchev–Trinajstić information content (AvgIpc) is 2.38. The van der Waals surface area contributed by atoms with Gasteiger partial charge in [-0.15, -0.1) is 0 Å². The smallest absolute Gasteiger partial charge is 0.312 e. The maximum Gasteiger partial charge on any atom is 0.312 e. The van der Waals surface area contributed by atoms with Crippen LogP contribution in [0.5, 0.6) is 0 Å². The summed E-state index contributed by atoms with van der Waals surface area (Å²) in [6, 6.07) is 3.58. The fourth-order valence-corrected chi connectivity index (χ4v) is 1.95. The van der Waals surface area contributed by atoms with Gasteiger partial charge in [0.25, 0.3) is 0 Å². The Hall–Kier alpha value is -1.46. The third kappa shape index (κ3) is 3.25. The number of nitrogens with zero attached hydrogens (tertiary/aromatic N) is 2. The van der Waals surface area contributed by atoms with Crippen molar-refractivity contribution in [1.82, 2.24) is 9.88 Å². The first-order valence-electron chi connectivity index (χ1n) is 5.70. The van der Waals surface area contributed by atoms with Crippen molar-refractivity contribution in [2.45, 2.75) is 5.92 Å². The molecule has 1 aromatic rings. The van der Waals surface area contributed by atoms with Gasteiger partial charge in [-0.25, -0.2) is 0 Å². The Kier molecular flexibility index (Phi) is 4.06. The second-order valence-corrected chi connectivity index (χ2v) is 4.09. The van der Waals surface area contributed by atoms with Crippen LogP contribution in [0.3, 0.4) is 0 Å². The standard InChI is InChI=1S/C12H16N2O3/c15-12(16)11(10-2-1-3-13-8-10)9-14-4-6-17-7-5-14/h1-3,8,11H,4-7,9H2,(H,15,16). The van der Waals surface area contributed by atoms with Crippen molar-refractivity contribution >= 4 is 5.97 Å². The Balaban J connectivity index is 2.05. The summed E-state index contributed by atoms with van der Waals surface area (Å²) in [5.74, 6) is -1.31.